The lowest BCUT2D eigenvalue weighted by Gasteiger charge is -2.34. The molecule has 2 unspecified atom stereocenters. The zero-order chi connectivity index (χ0) is 23.4. The van der Waals surface area contributed by atoms with Gasteiger partial charge in [0.05, 0.1) is 24.4 Å². The van der Waals surface area contributed by atoms with Crippen LogP contribution in [0.4, 0.5) is 4.79 Å². The van der Waals surface area contributed by atoms with Crippen molar-refractivity contribution in [3.05, 3.63) is 17.0 Å². The van der Waals surface area contributed by atoms with E-state index in [4.69, 9.17) is 19.0 Å². The molecule has 0 bridgehead atoms. The van der Waals surface area contributed by atoms with Crippen LogP contribution in [-0.4, -0.2) is 65.2 Å². The van der Waals surface area contributed by atoms with Gasteiger partial charge in [0.1, 0.15) is 17.1 Å². The topological polar surface area (TPSA) is 101 Å². The molecule has 176 valence electrons. The molecule has 0 radical (unpaired) electrons. The molecule has 1 aliphatic rings. The highest BCUT2D eigenvalue weighted by molar-refractivity contribution is 5.79. The molecule has 0 saturated carbocycles. The van der Waals surface area contributed by atoms with E-state index in [-0.39, 0.29) is 12.1 Å². The van der Waals surface area contributed by atoms with Crippen molar-refractivity contribution in [2.24, 2.45) is 4.99 Å². The van der Waals surface area contributed by atoms with E-state index in [9.17, 15) is 4.79 Å². The minimum atomic E-state index is -0.767. The third-order valence-corrected chi connectivity index (χ3v) is 5.15. The summed E-state index contributed by atoms with van der Waals surface area (Å²) >= 11 is 0. The van der Waals surface area contributed by atoms with Gasteiger partial charge in [-0.25, -0.2) is 4.79 Å². The molecule has 1 amide bonds. The van der Waals surface area contributed by atoms with E-state index in [0.717, 1.165) is 30.0 Å². The van der Waals surface area contributed by atoms with Crippen LogP contribution in [0.25, 0.3) is 0 Å². The minimum absolute atomic E-state index is 0.170. The Labute approximate surface area is 185 Å². The highest BCUT2D eigenvalue weighted by atomic mass is 16.6. The summed E-state index contributed by atoms with van der Waals surface area (Å²) in [5, 5.41) is 10.6. The van der Waals surface area contributed by atoms with E-state index in [1.54, 1.807) is 4.90 Å². The number of aryl methyl sites for hydroxylation is 2. The van der Waals surface area contributed by atoms with Crippen molar-refractivity contribution >= 4 is 12.1 Å². The molecular formula is C22H39N5O4. The molecule has 1 aromatic heterocycles. The number of carbonyl (C=O) groups is 1. The fourth-order valence-corrected chi connectivity index (χ4v) is 3.79. The van der Waals surface area contributed by atoms with Gasteiger partial charge in [0.15, 0.2) is 5.96 Å². The second-order valence-electron chi connectivity index (χ2n) is 9.39. The van der Waals surface area contributed by atoms with Crippen molar-refractivity contribution in [3.8, 4) is 0 Å². The number of aliphatic imine (C=N–C) groups is 1. The maximum Gasteiger partial charge on any atom is 0.412 e. The number of nitrogens with zero attached hydrogens (tertiary/aromatic N) is 3. The molecule has 2 rings (SSSR count). The summed E-state index contributed by atoms with van der Waals surface area (Å²) in [4.78, 5) is 19.3. The zero-order valence-electron chi connectivity index (χ0n) is 20.5. The van der Waals surface area contributed by atoms with Crippen LogP contribution in [0.1, 0.15) is 65.5 Å². The molecule has 1 aromatic rings. The average molecular weight is 438 g/mol. The van der Waals surface area contributed by atoms with Gasteiger partial charge in [0, 0.05) is 18.7 Å². The van der Waals surface area contributed by atoms with E-state index in [2.05, 4.69) is 15.8 Å². The Morgan fingerprint density at radius 2 is 1.97 bits per heavy atom. The maximum absolute atomic E-state index is 12.9. The first kappa shape index (κ1) is 25.0. The van der Waals surface area contributed by atoms with Crippen LogP contribution in [0.3, 0.4) is 0 Å². The molecule has 2 N–H and O–H groups in total. The highest BCUT2D eigenvalue weighted by Crippen LogP contribution is 2.33. The lowest BCUT2D eigenvalue weighted by atomic mass is 10.1. The molecule has 0 aliphatic carbocycles. The SMILES string of the molecule is CCNC(=NCC1C(C)OC(C)(C)N1C(=O)OC(C)(C)C)NCCc1c(C)noc1C. The van der Waals surface area contributed by atoms with Crippen LogP contribution in [-0.2, 0) is 15.9 Å². The number of ether oxygens (including phenoxy) is 2. The lowest BCUT2D eigenvalue weighted by molar-refractivity contribution is -0.0755. The Morgan fingerprint density at radius 1 is 1.29 bits per heavy atom. The van der Waals surface area contributed by atoms with E-state index in [1.807, 2.05) is 62.3 Å². The molecule has 9 heteroatoms. The van der Waals surface area contributed by atoms with Gasteiger partial charge >= 0.3 is 6.09 Å². The second-order valence-corrected chi connectivity index (χ2v) is 9.39. The predicted octanol–water partition coefficient (Wildman–Crippen LogP) is 3.15. The third-order valence-electron chi connectivity index (χ3n) is 5.15. The van der Waals surface area contributed by atoms with Crippen molar-refractivity contribution in [3.63, 3.8) is 0 Å². The van der Waals surface area contributed by atoms with Crippen molar-refractivity contribution in [1.82, 2.24) is 20.7 Å². The highest BCUT2D eigenvalue weighted by Gasteiger charge is 2.49. The normalized spacial score (nSPS) is 21.3. The van der Waals surface area contributed by atoms with Gasteiger partial charge in [0.2, 0.25) is 0 Å². The number of nitrogens with one attached hydrogen (secondary N) is 2. The van der Waals surface area contributed by atoms with Gasteiger partial charge in [-0.3, -0.25) is 9.89 Å². The van der Waals surface area contributed by atoms with Gasteiger partial charge in [-0.15, -0.1) is 0 Å². The van der Waals surface area contributed by atoms with Crippen molar-refractivity contribution in [2.45, 2.75) is 92.2 Å². The molecule has 2 atom stereocenters. The Balaban J connectivity index is 2.08. The Kier molecular flexibility index (Phi) is 7.97. The number of guanidine groups is 1. The molecule has 0 spiro atoms. The van der Waals surface area contributed by atoms with Gasteiger partial charge < -0.3 is 24.6 Å². The maximum atomic E-state index is 12.9. The van der Waals surface area contributed by atoms with E-state index < -0.39 is 17.4 Å². The second kappa shape index (κ2) is 9.89. The largest absolute Gasteiger partial charge is 0.444 e. The third kappa shape index (κ3) is 6.59. The first-order chi connectivity index (χ1) is 14.4. The molecular weight excluding hydrogens is 398 g/mol. The Morgan fingerprint density at radius 3 is 2.52 bits per heavy atom. The van der Waals surface area contributed by atoms with E-state index in [1.165, 1.54) is 0 Å². The summed E-state index contributed by atoms with van der Waals surface area (Å²) in [6.07, 6.45) is 0.223. The lowest BCUT2D eigenvalue weighted by Crippen LogP contribution is -2.51. The first-order valence-electron chi connectivity index (χ1n) is 11.0. The van der Waals surface area contributed by atoms with Crippen LogP contribution in [0.5, 0.6) is 0 Å². The summed E-state index contributed by atoms with van der Waals surface area (Å²) in [5.74, 6) is 1.53. The molecule has 1 fully saturated rings. The molecule has 1 aliphatic heterocycles. The van der Waals surface area contributed by atoms with Crippen LogP contribution in [0, 0.1) is 13.8 Å². The summed E-state index contributed by atoms with van der Waals surface area (Å²) in [5.41, 5.74) is 0.672. The van der Waals surface area contributed by atoms with Gasteiger partial charge in [0.25, 0.3) is 0 Å². The number of hydrogen-bond donors (Lipinski definition) is 2. The van der Waals surface area contributed by atoms with Crippen molar-refractivity contribution < 1.29 is 18.8 Å². The molecule has 31 heavy (non-hydrogen) atoms. The van der Waals surface area contributed by atoms with Crippen LogP contribution < -0.4 is 10.6 Å². The molecule has 0 aromatic carbocycles. The predicted molar refractivity (Wildman–Crippen MR) is 120 cm³/mol. The molecule has 1 saturated heterocycles. The van der Waals surface area contributed by atoms with Crippen LogP contribution in [0.15, 0.2) is 9.52 Å². The number of aromatic nitrogens is 1. The average Bonchev–Trinajstić information content (AvgIpc) is 3.06. The quantitative estimate of drug-likeness (QED) is 0.521. The van der Waals surface area contributed by atoms with E-state index >= 15 is 0 Å². The standard InChI is InChI=1S/C22H39N5O4/c1-10-23-19(24-12-11-17-14(2)26-31-15(17)3)25-13-18-16(4)29-22(8,9)27(18)20(28)30-21(5,6)7/h16,18H,10-13H2,1-9H3,(H2,23,24,25). The Bertz CT molecular complexity index is 762. The monoisotopic (exact) mass is 437 g/mol. The number of amides is 1. The summed E-state index contributed by atoms with van der Waals surface area (Å²) in [6, 6.07) is -0.233. The summed E-state index contributed by atoms with van der Waals surface area (Å²) < 4.78 is 16.9. The molecule has 9 nitrogen and oxygen atoms in total. The van der Waals surface area contributed by atoms with Crippen LogP contribution >= 0.6 is 0 Å². The van der Waals surface area contributed by atoms with E-state index in [0.29, 0.717) is 19.0 Å². The van der Waals surface area contributed by atoms with Gasteiger partial charge in [-0.05, 0) is 68.7 Å². The van der Waals surface area contributed by atoms with Crippen LogP contribution in [0.2, 0.25) is 0 Å². The first-order valence-corrected chi connectivity index (χ1v) is 11.0. The fraction of sp³-hybridized carbons (Fsp3) is 0.773. The summed E-state index contributed by atoms with van der Waals surface area (Å²) in [6.45, 7) is 19.0. The Hall–Kier alpha value is -2.29. The fourth-order valence-electron chi connectivity index (χ4n) is 3.79. The van der Waals surface area contributed by atoms with Gasteiger partial charge in [-0.1, -0.05) is 5.16 Å². The van der Waals surface area contributed by atoms with Crippen molar-refractivity contribution in [2.75, 3.05) is 19.6 Å². The molecule has 2 heterocycles. The smallest absolute Gasteiger partial charge is 0.412 e. The van der Waals surface area contributed by atoms with Gasteiger partial charge in [-0.2, -0.15) is 0 Å². The van der Waals surface area contributed by atoms with Crippen molar-refractivity contribution in [1.29, 1.82) is 0 Å². The summed E-state index contributed by atoms with van der Waals surface area (Å²) in [7, 11) is 0. The number of hydrogen-bond acceptors (Lipinski definition) is 6. The zero-order valence-corrected chi connectivity index (χ0v) is 20.5. The number of rotatable bonds is 6. The minimum Gasteiger partial charge on any atom is -0.444 e. The number of carbonyl (C=O) groups excluding carboxylic acids is 1.